The first kappa shape index (κ1) is 11.1. The SMILES string of the molecule is CNCCc1nc(C#N)c2cccc(Br)n12. The van der Waals surface area contributed by atoms with E-state index in [0.29, 0.717) is 5.69 Å². The first-order valence-corrected chi connectivity index (χ1v) is 5.77. The van der Waals surface area contributed by atoms with Crippen molar-refractivity contribution in [2.75, 3.05) is 13.6 Å². The number of nitrogens with zero attached hydrogens (tertiary/aromatic N) is 3. The first-order chi connectivity index (χ1) is 7.77. The molecule has 2 heterocycles. The van der Waals surface area contributed by atoms with Crippen molar-refractivity contribution in [3.63, 3.8) is 0 Å². The highest BCUT2D eigenvalue weighted by molar-refractivity contribution is 9.10. The summed E-state index contributed by atoms with van der Waals surface area (Å²) < 4.78 is 2.89. The second-order valence-corrected chi connectivity index (χ2v) is 4.22. The van der Waals surface area contributed by atoms with Crippen LogP contribution >= 0.6 is 15.9 Å². The zero-order chi connectivity index (χ0) is 11.5. The van der Waals surface area contributed by atoms with Gasteiger partial charge in [0.05, 0.1) is 10.1 Å². The number of fused-ring (bicyclic) bond motifs is 1. The number of hydrogen-bond donors (Lipinski definition) is 1. The summed E-state index contributed by atoms with van der Waals surface area (Å²) in [5.74, 6) is 0.897. The Bertz CT molecular complexity index is 553. The van der Waals surface area contributed by atoms with Crippen LogP contribution < -0.4 is 5.32 Å². The number of hydrogen-bond acceptors (Lipinski definition) is 3. The minimum absolute atomic E-state index is 0.479. The first-order valence-electron chi connectivity index (χ1n) is 4.98. The van der Waals surface area contributed by atoms with E-state index in [2.05, 4.69) is 32.3 Å². The summed E-state index contributed by atoms with van der Waals surface area (Å²) in [5.41, 5.74) is 1.33. The fourth-order valence-electron chi connectivity index (χ4n) is 1.65. The lowest BCUT2D eigenvalue weighted by molar-refractivity contribution is 0.750. The monoisotopic (exact) mass is 278 g/mol. The molecule has 2 rings (SSSR count). The van der Waals surface area contributed by atoms with E-state index in [9.17, 15) is 0 Å². The molecule has 0 radical (unpaired) electrons. The van der Waals surface area contributed by atoms with Gasteiger partial charge in [-0.25, -0.2) is 4.98 Å². The summed E-state index contributed by atoms with van der Waals surface area (Å²) in [4.78, 5) is 4.34. The summed E-state index contributed by atoms with van der Waals surface area (Å²) >= 11 is 3.48. The summed E-state index contributed by atoms with van der Waals surface area (Å²) in [6.45, 7) is 0.839. The number of rotatable bonds is 3. The van der Waals surface area contributed by atoms with Crippen molar-refractivity contribution in [3.05, 3.63) is 34.3 Å². The number of aromatic nitrogens is 2. The van der Waals surface area contributed by atoms with E-state index in [-0.39, 0.29) is 0 Å². The smallest absolute Gasteiger partial charge is 0.166 e. The second-order valence-electron chi connectivity index (χ2n) is 3.41. The summed E-state index contributed by atoms with van der Waals surface area (Å²) in [6, 6.07) is 7.87. The molecule has 4 nitrogen and oxygen atoms in total. The Morgan fingerprint density at radius 2 is 2.38 bits per heavy atom. The van der Waals surface area contributed by atoms with Gasteiger partial charge in [0.1, 0.15) is 11.9 Å². The molecule has 0 aliphatic carbocycles. The topological polar surface area (TPSA) is 53.1 Å². The van der Waals surface area contributed by atoms with Crippen molar-refractivity contribution in [2.45, 2.75) is 6.42 Å². The highest BCUT2D eigenvalue weighted by Crippen LogP contribution is 2.19. The van der Waals surface area contributed by atoms with Crippen LogP contribution in [0.2, 0.25) is 0 Å². The minimum atomic E-state index is 0.479. The molecule has 0 aliphatic heterocycles. The number of nitrogens with one attached hydrogen (secondary N) is 1. The lowest BCUT2D eigenvalue weighted by atomic mass is 10.3. The maximum atomic E-state index is 9.01. The predicted molar refractivity (Wildman–Crippen MR) is 65.2 cm³/mol. The largest absolute Gasteiger partial charge is 0.319 e. The van der Waals surface area contributed by atoms with Gasteiger partial charge in [-0.15, -0.1) is 0 Å². The third-order valence-electron chi connectivity index (χ3n) is 2.39. The van der Waals surface area contributed by atoms with Crippen LogP contribution in [0.15, 0.2) is 22.8 Å². The zero-order valence-electron chi connectivity index (χ0n) is 8.87. The molecule has 82 valence electrons. The van der Waals surface area contributed by atoms with Gasteiger partial charge in [-0.3, -0.25) is 4.40 Å². The molecule has 0 fully saturated rings. The average molecular weight is 279 g/mol. The fraction of sp³-hybridized carbons (Fsp3) is 0.273. The Morgan fingerprint density at radius 1 is 1.56 bits per heavy atom. The molecule has 2 aromatic rings. The maximum absolute atomic E-state index is 9.01. The van der Waals surface area contributed by atoms with E-state index in [0.717, 1.165) is 28.9 Å². The van der Waals surface area contributed by atoms with Crippen LogP contribution in [0.3, 0.4) is 0 Å². The van der Waals surface area contributed by atoms with Crippen molar-refractivity contribution < 1.29 is 0 Å². The van der Waals surface area contributed by atoms with E-state index >= 15 is 0 Å². The van der Waals surface area contributed by atoms with Crippen LogP contribution in [-0.2, 0) is 6.42 Å². The lowest BCUT2D eigenvalue weighted by Crippen LogP contribution is -2.12. The number of nitriles is 1. The molecule has 0 atom stereocenters. The van der Waals surface area contributed by atoms with Gasteiger partial charge >= 0.3 is 0 Å². The van der Waals surface area contributed by atoms with Crippen LogP contribution in [0, 0.1) is 11.3 Å². The van der Waals surface area contributed by atoms with Crippen molar-refractivity contribution in [3.8, 4) is 6.07 Å². The molecule has 0 spiro atoms. The third-order valence-corrected chi connectivity index (χ3v) is 3.01. The minimum Gasteiger partial charge on any atom is -0.319 e. The molecule has 2 aromatic heterocycles. The summed E-state index contributed by atoms with van der Waals surface area (Å²) in [7, 11) is 1.90. The molecular formula is C11H11BrN4. The van der Waals surface area contributed by atoms with Gasteiger partial charge in [-0.05, 0) is 35.1 Å². The Hall–Kier alpha value is -1.38. The highest BCUT2D eigenvalue weighted by atomic mass is 79.9. The van der Waals surface area contributed by atoms with Gasteiger partial charge in [-0.2, -0.15) is 5.26 Å². The molecule has 0 saturated carbocycles. The number of pyridine rings is 1. The number of imidazole rings is 1. The predicted octanol–water partition coefficient (Wildman–Crippen LogP) is 1.73. The van der Waals surface area contributed by atoms with Crippen molar-refractivity contribution in [1.82, 2.24) is 14.7 Å². The Balaban J connectivity index is 2.61. The zero-order valence-corrected chi connectivity index (χ0v) is 10.5. The molecular weight excluding hydrogens is 268 g/mol. The third kappa shape index (κ3) is 1.82. The molecule has 0 aliphatic rings. The lowest BCUT2D eigenvalue weighted by Gasteiger charge is -2.02. The van der Waals surface area contributed by atoms with E-state index in [4.69, 9.17) is 5.26 Å². The van der Waals surface area contributed by atoms with Gasteiger partial charge in [0.25, 0.3) is 0 Å². The van der Waals surface area contributed by atoms with Crippen molar-refractivity contribution in [1.29, 1.82) is 5.26 Å². The van der Waals surface area contributed by atoms with Crippen LogP contribution in [0.1, 0.15) is 11.5 Å². The molecule has 0 aromatic carbocycles. The van der Waals surface area contributed by atoms with Crippen LogP contribution in [0.5, 0.6) is 0 Å². The molecule has 16 heavy (non-hydrogen) atoms. The Morgan fingerprint density at radius 3 is 3.06 bits per heavy atom. The van der Waals surface area contributed by atoms with E-state index < -0.39 is 0 Å². The van der Waals surface area contributed by atoms with Crippen molar-refractivity contribution in [2.24, 2.45) is 0 Å². The molecule has 0 bridgehead atoms. The van der Waals surface area contributed by atoms with E-state index in [1.165, 1.54) is 0 Å². The number of halogens is 1. The molecule has 0 unspecified atom stereocenters. The van der Waals surface area contributed by atoms with Gasteiger partial charge in [-0.1, -0.05) is 6.07 Å². The average Bonchev–Trinajstić information content (AvgIpc) is 2.66. The van der Waals surface area contributed by atoms with Crippen LogP contribution in [-0.4, -0.2) is 23.0 Å². The van der Waals surface area contributed by atoms with Gasteiger partial charge < -0.3 is 5.32 Å². The van der Waals surface area contributed by atoms with E-state index in [1.54, 1.807) is 0 Å². The Labute approximate surface area is 102 Å². The maximum Gasteiger partial charge on any atom is 0.166 e. The summed E-state index contributed by atoms with van der Waals surface area (Å²) in [6.07, 6.45) is 0.794. The normalized spacial score (nSPS) is 10.6. The standard InChI is InChI=1S/C11H11BrN4/c1-14-6-5-11-15-8(7-13)9-3-2-4-10(12)16(9)11/h2-4,14H,5-6H2,1H3. The van der Waals surface area contributed by atoms with Gasteiger partial charge in [0.2, 0.25) is 0 Å². The second kappa shape index (κ2) is 4.64. The highest BCUT2D eigenvalue weighted by Gasteiger charge is 2.11. The summed E-state index contributed by atoms with van der Waals surface area (Å²) in [5, 5.41) is 12.1. The van der Waals surface area contributed by atoms with E-state index in [1.807, 2.05) is 29.6 Å². The van der Waals surface area contributed by atoms with Crippen LogP contribution in [0.25, 0.3) is 5.52 Å². The Kier molecular flexibility index (Phi) is 3.22. The molecule has 0 saturated heterocycles. The number of likely N-dealkylation sites (N-methyl/N-ethyl adjacent to an activating group) is 1. The van der Waals surface area contributed by atoms with Gasteiger partial charge in [0, 0.05) is 13.0 Å². The quantitative estimate of drug-likeness (QED) is 0.870. The molecule has 0 amide bonds. The fourth-order valence-corrected chi connectivity index (χ4v) is 2.20. The van der Waals surface area contributed by atoms with Gasteiger partial charge in [0.15, 0.2) is 5.69 Å². The van der Waals surface area contributed by atoms with Crippen LogP contribution in [0.4, 0.5) is 0 Å². The molecule has 1 N–H and O–H groups in total. The van der Waals surface area contributed by atoms with Crippen molar-refractivity contribution >= 4 is 21.4 Å². The molecule has 5 heteroatoms.